The molecule has 0 aromatic heterocycles. The second-order valence-electron chi connectivity index (χ2n) is 6.10. The van der Waals surface area contributed by atoms with E-state index in [1.165, 1.54) is 37.1 Å². The molecule has 114 valence electrons. The van der Waals surface area contributed by atoms with Crippen LogP contribution in [0.15, 0.2) is 24.3 Å². The first kappa shape index (κ1) is 14.5. The van der Waals surface area contributed by atoms with Crippen molar-refractivity contribution in [1.82, 2.24) is 15.5 Å². The molecule has 4 heteroatoms. The Bertz CT molecular complexity index is 483. The van der Waals surface area contributed by atoms with Crippen molar-refractivity contribution in [3.63, 3.8) is 0 Å². The first-order valence-corrected chi connectivity index (χ1v) is 8.13. The lowest BCUT2D eigenvalue weighted by Crippen LogP contribution is -2.48. The van der Waals surface area contributed by atoms with Crippen LogP contribution >= 0.6 is 0 Å². The largest absolute Gasteiger partial charge is 0.355 e. The van der Waals surface area contributed by atoms with Gasteiger partial charge in [-0.2, -0.15) is 0 Å². The lowest BCUT2D eigenvalue weighted by Gasteiger charge is -2.25. The van der Waals surface area contributed by atoms with Crippen molar-refractivity contribution < 1.29 is 4.79 Å². The zero-order chi connectivity index (χ0) is 14.5. The molecule has 2 heterocycles. The first-order chi connectivity index (χ1) is 10.3. The zero-order valence-electron chi connectivity index (χ0n) is 12.6. The number of carbonyl (C=O) groups excluding carboxylic acids is 1. The highest BCUT2D eigenvalue weighted by molar-refractivity contribution is 5.82. The third-order valence-corrected chi connectivity index (χ3v) is 4.55. The molecule has 1 aromatic carbocycles. The number of amides is 1. The summed E-state index contributed by atoms with van der Waals surface area (Å²) in [4.78, 5) is 14.7. The first-order valence-electron chi connectivity index (χ1n) is 8.13. The van der Waals surface area contributed by atoms with Crippen molar-refractivity contribution in [1.29, 1.82) is 0 Å². The molecule has 2 aliphatic rings. The van der Waals surface area contributed by atoms with E-state index in [-0.39, 0.29) is 11.9 Å². The van der Waals surface area contributed by atoms with Crippen LogP contribution in [0.2, 0.25) is 0 Å². The molecule has 1 aromatic rings. The predicted octanol–water partition coefficient (Wildman–Crippen LogP) is 1.30. The average molecular weight is 287 g/mol. The van der Waals surface area contributed by atoms with Crippen molar-refractivity contribution in [2.24, 2.45) is 0 Å². The fraction of sp³-hybridized carbons (Fsp3) is 0.588. The summed E-state index contributed by atoms with van der Waals surface area (Å²) < 4.78 is 0. The van der Waals surface area contributed by atoms with Gasteiger partial charge in [-0.1, -0.05) is 24.3 Å². The van der Waals surface area contributed by atoms with Crippen LogP contribution in [0, 0.1) is 0 Å². The number of fused-ring (bicyclic) bond motifs is 1. The Morgan fingerprint density at radius 3 is 2.81 bits per heavy atom. The Morgan fingerprint density at radius 2 is 2.00 bits per heavy atom. The second-order valence-corrected chi connectivity index (χ2v) is 6.10. The third kappa shape index (κ3) is 3.83. The monoisotopic (exact) mass is 287 g/mol. The Labute approximate surface area is 126 Å². The molecule has 21 heavy (non-hydrogen) atoms. The van der Waals surface area contributed by atoms with Gasteiger partial charge < -0.3 is 15.5 Å². The molecule has 0 aliphatic carbocycles. The van der Waals surface area contributed by atoms with E-state index in [0.717, 1.165) is 32.5 Å². The fourth-order valence-electron chi connectivity index (χ4n) is 3.28. The molecule has 0 saturated carbocycles. The van der Waals surface area contributed by atoms with E-state index in [4.69, 9.17) is 0 Å². The van der Waals surface area contributed by atoms with Gasteiger partial charge in [-0.15, -0.1) is 0 Å². The molecule has 1 amide bonds. The molecule has 0 radical (unpaired) electrons. The van der Waals surface area contributed by atoms with Gasteiger partial charge in [0, 0.05) is 13.1 Å². The highest BCUT2D eigenvalue weighted by Gasteiger charge is 2.23. The van der Waals surface area contributed by atoms with E-state index in [2.05, 4.69) is 39.8 Å². The molecular formula is C17H25N3O. The van der Waals surface area contributed by atoms with Crippen molar-refractivity contribution in [3.8, 4) is 0 Å². The van der Waals surface area contributed by atoms with E-state index in [0.29, 0.717) is 0 Å². The minimum Gasteiger partial charge on any atom is -0.355 e. The molecule has 2 aliphatic heterocycles. The van der Waals surface area contributed by atoms with Gasteiger partial charge in [0.2, 0.25) is 5.91 Å². The van der Waals surface area contributed by atoms with E-state index >= 15 is 0 Å². The zero-order valence-corrected chi connectivity index (χ0v) is 12.6. The van der Waals surface area contributed by atoms with E-state index in [1.807, 2.05) is 0 Å². The van der Waals surface area contributed by atoms with Gasteiger partial charge in [-0.05, 0) is 56.4 Å². The molecule has 3 rings (SSSR count). The SMILES string of the molecule is O=C(NCCCN1CCCC1)C1Cc2ccccc2CN1. The summed E-state index contributed by atoms with van der Waals surface area (Å²) in [6.07, 6.45) is 4.51. The predicted molar refractivity (Wildman–Crippen MR) is 84.1 cm³/mol. The van der Waals surface area contributed by atoms with Crippen LogP contribution in [-0.2, 0) is 17.8 Å². The lowest BCUT2D eigenvalue weighted by molar-refractivity contribution is -0.123. The van der Waals surface area contributed by atoms with Gasteiger partial charge in [0.1, 0.15) is 0 Å². The van der Waals surface area contributed by atoms with Gasteiger partial charge in [0.15, 0.2) is 0 Å². The summed E-state index contributed by atoms with van der Waals surface area (Å²) in [6, 6.07) is 8.29. The molecule has 1 fully saturated rings. The summed E-state index contributed by atoms with van der Waals surface area (Å²) in [7, 11) is 0. The quantitative estimate of drug-likeness (QED) is 0.803. The third-order valence-electron chi connectivity index (χ3n) is 4.55. The van der Waals surface area contributed by atoms with Gasteiger partial charge in [0.05, 0.1) is 6.04 Å². The van der Waals surface area contributed by atoms with Gasteiger partial charge in [-0.25, -0.2) is 0 Å². The van der Waals surface area contributed by atoms with Crippen LogP contribution in [0.5, 0.6) is 0 Å². The molecule has 0 spiro atoms. The molecule has 0 bridgehead atoms. The molecule has 1 atom stereocenters. The number of likely N-dealkylation sites (tertiary alicyclic amines) is 1. The van der Waals surface area contributed by atoms with Crippen molar-refractivity contribution >= 4 is 5.91 Å². The standard InChI is InChI=1S/C17H25N3O/c21-17(18-8-5-11-20-9-3-4-10-20)16-12-14-6-1-2-7-15(14)13-19-16/h1-2,6-7,16,19H,3-5,8-13H2,(H,18,21). The average Bonchev–Trinajstić information content (AvgIpc) is 3.04. The van der Waals surface area contributed by atoms with Crippen LogP contribution in [0.3, 0.4) is 0 Å². The minimum atomic E-state index is -0.0771. The van der Waals surface area contributed by atoms with Gasteiger partial charge in [-0.3, -0.25) is 4.79 Å². The lowest BCUT2D eigenvalue weighted by atomic mass is 9.95. The summed E-state index contributed by atoms with van der Waals surface area (Å²) in [5.74, 6) is 0.144. The molecule has 1 saturated heterocycles. The molecule has 1 unspecified atom stereocenters. The normalized spacial score (nSPS) is 22.0. The highest BCUT2D eigenvalue weighted by atomic mass is 16.2. The summed E-state index contributed by atoms with van der Waals surface area (Å²) in [5, 5.41) is 6.41. The van der Waals surface area contributed by atoms with Crippen LogP contribution in [0.4, 0.5) is 0 Å². The van der Waals surface area contributed by atoms with Crippen LogP contribution < -0.4 is 10.6 Å². The smallest absolute Gasteiger partial charge is 0.237 e. The number of nitrogens with one attached hydrogen (secondary N) is 2. The summed E-state index contributed by atoms with van der Waals surface area (Å²) in [5.41, 5.74) is 2.61. The number of hydrogen-bond donors (Lipinski definition) is 2. The number of hydrogen-bond acceptors (Lipinski definition) is 3. The van der Waals surface area contributed by atoms with E-state index in [1.54, 1.807) is 0 Å². The van der Waals surface area contributed by atoms with Crippen LogP contribution in [0.25, 0.3) is 0 Å². The topological polar surface area (TPSA) is 44.4 Å². The van der Waals surface area contributed by atoms with Crippen molar-refractivity contribution in [2.45, 2.75) is 38.3 Å². The van der Waals surface area contributed by atoms with Crippen LogP contribution in [0.1, 0.15) is 30.4 Å². The number of nitrogens with zero attached hydrogens (tertiary/aromatic N) is 1. The van der Waals surface area contributed by atoms with E-state index < -0.39 is 0 Å². The Balaban J connectivity index is 1.40. The number of rotatable bonds is 5. The maximum atomic E-state index is 12.2. The van der Waals surface area contributed by atoms with Crippen molar-refractivity contribution in [2.75, 3.05) is 26.2 Å². The van der Waals surface area contributed by atoms with Gasteiger partial charge in [0.25, 0.3) is 0 Å². The Kier molecular flexibility index (Phi) is 4.88. The second kappa shape index (κ2) is 7.05. The molecule has 2 N–H and O–H groups in total. The minimum absolute atomic E-state index is 0.0771. The van der Waals surface area contributed by atoms with Gasteiger partial charge >= 0.3 is 0 Å². The van der Waals surface area contributed by atoms with Crippen LogP contribution in [-0.4, -0.2) is 43.0 Å². The Hall–Kier alpha value is -1.39. The van der Waals surface area contributed by atoms with Crippen molar-refractivity contribution in [3.05, 3.63) is 35.4 Å². The summed E-state index contributed by atoms with van der Waals surface area (Å²) >= 11 is 0. The maximum Gasteiger partial charge on any atom is 0.237 e. The maximum absolute atomic E-state index is 12.2. The fourth-order valence-corrected chi connectivity index (χ4v) is 3.28. The Morgan fingerprint density at radius 1 is 1.24 bits per heavy atom. The molecular weight excluding hydrogens is 262 g/mol. The van der Waals surface area contributed by atoms with E-state index in [9.17, 15) is 4.79 Å². The number of benzene rings is 1. The summed E-state index contributed by atoms with van der Waals surface area (Å²) in [6.45, 7) is 5.15. The highest BCUT2D eigenvalue weighted by Crippen LogP contribution is 2.16. The molecule has 4 nitrogen and oxygen atoms in total. The number of carbonyl (C=O) groups is 1.